The van der Waals surface area contributed by atoms with Gasteiger partial charge >= 0.3 is 0 Å². The molecule has 3 rings (SSSR count). The third kappa shape index (κ3) is 5.34. The molecule has 0 aliphatic heterocycles. The first-order chi connectivity index (χ1) is 11.8. The molecule has 0 atom stereocenters. The molecule has 2 aromatic carbocycles. The molecule has 0 saturated carbocycles. The molecule has 0 aliphatic rings. The van der Waals surface area contributed by atoms with Gasteiger partial charge in [0.2, 0.25) is 0 Å². The van der Waals surface area contributed by atoms with Gasteiger partial charge in [-0.25, -0.2) is 0 Å². The van der Waals surface area contributed by atoms with E-state index in [2.05, 4.69) is 57.4 Å². The van der Waals surface area contributed by atoms with E-state index in [9.17, 15) is 0 Å². The number of rotatable bonds is 5. The maximum absolute atomic E-state index is 5.27. The van der Waals surface area contributed by atoms with Gasteiger partial charge < -0.3 is 15.4 Å². The predicted octanol–water partition coefficient (Wildman–Crippen LogP) is 4.39. The van der Waals surface area contributed by atoms with Crippen molar-refractivity contribution in [1.82, 2.24) is 10.6 Å². The molecule has 132 valence electrons. The van der Waals surface area contributed by atoms with Crippen LogP contribution in [-0.4, -0.2) is 20.1 Å². The van der Waals surface area contributed by atoms with Gasteiger partial charge in [-0.15, -0.1) is 35.3 Å². The van der Waals surface area contributed by atoms with Crippen molar-refractivity contribution in [3.05, 3.63) is 64.4 Å². The number of guanidine groups is 1. The van der Waals surface area contributed by atoms with Gasteiger partial charge in [-0.1, -0.05) is 24.3 Å². The molecule has 0 fully saturated rings. The summed E-state index contributed by atoms with van der Waals surface area (Å²) in [7, 11) is 3.48. The lowest BCUT2D eigenvalue weighted by atomic mass is 10.1. The highest BCUT2D eigenvalue weighted by Crippen LogP contribution is 2.21. The van der Waals surface area contributed by atoms with Gasteiger partial charge in [-0.3, -0.25) is 4.99 Å². The zero-order valence-electron chi connectivity index (χ0n) is 14.3. The van der Waals surface area contributed by atoms with Crippen molar-refractivity contribution in [3.63, 3.8) is 0 Å². The van der Waals surface area contributed by atoms with Crippen molar-refractivity contribution in [3.8, 4) is 5.75 Å². The van der Waals surface area contributed by atoms with Gasteiger partial charge in [-0.05, 0) is 46.0 Å². The smallest absolute Gasteiger partial charge is 0.191 e. The average Bonchev–Trinajstić information content (AvgIpc) is 3.14. The summed E-state index contributed by atoms with van der Waals surface area (Å²) in [5.41, 5.74) is 1.21. The first-order valence-corrected chi connectivity index (χ1v) is 8.70. The Morgan fingerprint density at radius 3 is 2.52 bits per heavy atom. The van der Waals surface area contributed by atoms with E-state index >= 15 is 0 Å². The molecule has 1 heterocycles. The number of methoxy groups -OCH3 is 1. The maximum Gasteiger partial charge on any atom is 0.191 e. The Hall–Kier alpha value is -1.80. The summed E-state index contributed by atoms with van der Waals surface area (Å²) in [6, 6.07) is 16.7. The van der Waals surface area contributed by atoms with E-state index in [1.807, 2.05) is 12.1 Å². The second-order valence-electron chi connectivity index (χ2n) is 5.41. The van der Waals surface area contributed by atoms with E-state index in [1.165, 1.54) is 21.2 Å². The van der Waals surface area contributed by atoms with Gasteiger partial charge in [0.15, 0.2) is 5.96 Å². The molecule has 0 unspecified atom stereocenters. The van der Waals surface area contributed by atoms with Crippen LogP contribution in [0.5, 0.6) is 5.75 Å². The molecule has 4 nitrogen and oxygen atoms in total. The number of fused-ring (bicyclic) bond motifs is 1. The van der Waals surface area contributed by atoms with Crippen LogP contribution in [0.4, 0.5) is 0 Å². The van der Waals surface area contributed by atoms with Gasteiger partial charge in [-0.2, -0.15) is 0 Å². The van der Waals surface area contributed by atoms with Crippen LogP contribution in [0, 0.1) is 0 Å². The number of hydrogen-bond donors (Lipinski definition) is 2. The van der Waals surface area contributed by atoms with Crippen LogP contribution in [0.2, 0.25) is 0 Å². The van der Waals surface area contributed by atoms with Crippen LogP contribution in [0.15, 0.2) is 58.9 Å². The fourth-order valence-corrected chi connectivity index (χ4v) is 3.15. The fraction of sp³-hybridized carbons (Fsp3) is 0.211. The van der Waals surface area contributed by atoms with Gasteiger partial charge in [0, 0.05) is 18.5 Å². The van der Waals surface area contributed by atoms with Gasteiger partial charge in [0.1, 0.15) is 5.75 Å². The van der Waals surface area contributed by atoms with Gasteiger partial charge in [0.05, 0.1) is 13.7 Å². The molecule has 1 aromatic heterocycles. The van der Waals surface area contributed by atoms with E-state index in [4.69, 9.17) is 4.74 Å². The van der Waals surface area contributed by atoms with Crippen molar-refractivity contribution in [2.24, 2.45) is 4.99 Å². The second kappa shape index (κ2) is 9.62. The second-order valence-corrected chi connectivity index (χ2v) is 6.44. The molecule has 2 N–H and O–H groups in total. The normalized spacial score (nSPS) is 11.0. The van der Waals surface area contributed by atoms with Crippen LogP contribution in [0.25, 0.3) is 10.8 Å². The van der Waals surface area contributed by atoms with Gasteiger partial charge in [0.25, 0.3) is 0 Å². The highest BCUT2D eigenvalue weighted by molar-refractivity contribution is 14.0. The standard InChI is InChI=1S/C19H21N3OS.HI/c1-20-19(22-13-18-4-3-9-24-18)21-12-14-5-6-16-11-17(23-2)8-7-15(16)10-14;/h3-11H,12-13H2,1-2H3,(H2,20,21,22);1H. The summed E-state index contributed by atoms with van der Waals surface area (Å²) in [5, 5.41) is 11.1. The Kier molecular flexibility index (Phi) is 7.52. The van der Waals surface area contributed by atoms with E-state index in [0.717, 1.165) is 24.8 Å². The minimum atomic E-state index is 0. The largest absolute Gasteiger partial charge is 0.497 e. The van der Waals surface area contributed by atoms with E-state index < -0.39 is 0 Å². The molecule has 0 amide bonds. The third-order valence-electron chi connectivity index (χ3n) is 3.81. The number of hydrogen-bond acceptors (Lipinski definition) is 3. The van der Waals surface area contributed by atoms with Crippen LogP contribution in [0.3, 0.4) is 0 Å². The zero-order chi connectivity index (χ0) is 16.8. The molecule has 0 spiro atoms. The molecule has 25 heavy (non-hydrogen) atoms. The number of aliphatic imine (C=N–C) groups is 1. The molecule has 0 aliphatic carbocycles. The number of halogens is 1. The molecular weight excluding hydrogens is 445 g/mol. The van der Waals surface area contributed by atoms with Crippen LogP contribution in [0.1, 0.15) is 10.4 Å². The predicted molar refractivity (Wildman–Crippen MR) is 117 cm³/mol. The van der Waals surface area contributed by atoms with E-state index in [0.29, 0.717) is 0 Å². The summed E-state index contributed by atoms with van der Waals surface area (Å²) >= 11 is 1.74. The van der Waals surface area contributed by atoms with Crippen molar-refractivity contribution < 1.29 is 4.74 Å². The number of benzene rings is 2. The average molecular weight is 467 g/mol. The Morgan fingerprint density at radius 1 is 1.04 bits per heavy atom. The fourth-order valence-electron chi connectivity index (χ4n) is 2.50. The van der Waals surface area contributed by atoms with Crippen molar-refractivity contribution in [2.75, 3.05) is 14.2 Å². The minimum Gasteiger partial charge on any atom is -0.497 e. The summed E-state index contributed by atoms with van der Waals surface area (Å²) < 4.78 is 5.27. The highest BCUT2D eigenvalue weighted by Gasteiger charge is 2.02. The summed E-state index contributed by atoms with van der Waals surface area (Å²) in [4.78, 5) is 5.56. The molecule has 3 aromatic rings. The Morgan fingerprint density at radius 2 is 1.80 bits per heavy atom. The number of thiophene rings is 1. The summed E-state index contributed by atoms with van der Waals surface area (Å²) in [5.74, 6) is 1.68. The number of ether oxygens (including phenoxy) is 1. The molecule has 0 bridgehead atoms. The highest BCUT2D eigenvalue weighted by atomic mass is 127. The molecule has 6 heteroatoms. The first-order valence-electron chi connectivity index (χ1n) is 7.82. The molecule has 0 radical (unpaired) electrons. The van der Waals surface area contributed by atoms with Crippen molar-refractivity contribution in [2.45, 2.75) is 13.1 Å². The maximum atomic E-state index is 5.27. The van der Waals surface area contributed by atoms with Crippen LogP contribution >= 0.6 is 35.3 Å². The first kappa shape index (κ1) is 19.5. The summed E-state index contributed by atoms with van der Waals surface area (Å²) in [6.07, 6.45) is 0. The Labute approximate surface area is 169 Å². The number of nitrogens with one attached hydrogen (secondary N) is 2. The minimum absolute atomic E-state index is 0. The summed E-state index contributed by atoms with van der Waals surface area (Å²) in [6.45, 7) is 1.51. The topological polar surface area (TPSA) is 45.7 Å². The van der Waals surface area contributed by atoms with Crippen molar-refractivity contribution in [1.29, 1.82) is 0 Å². The third-order valence-corrected chi connectivity index (χ3v) is 4.68. The Bertz CT molecular complexity index is 834. The van der Waals surface area contributed by atoms with E-state index in [-0.39, 0.29) is 24.0 Å². The Balaban J connectivity index is 0.00000225. The monoisotopic (exact) mass is 467 g/mol. The SMILES string of the molecule is CN=C(NCc1ccc2cc(OC)ccc2c1)NCc1cccs1.I. The lowest BCUT2D eigenvalue weighted by Gasteiger charge is -2.12. The van der Waals surface area contributed by atoms with Crippen molar-refractivity contribution >= 4 is 52.0 Å². The lowest BCUT2D eigenvalue weighted by Crippen LogP contribution is -2.36. The molecule has 0 saturated heterocycles. The lowest BCUT2D eigenvalue weighted by molar-refractivity contribution is 0.415. The van der Waals surface area contributed by atoms with E-state index in [1.54, 1.807) is 25.5 Å². The quantitative estimate of drug-likeness (QED) is 0.333. The van der Waals surface area contributed by atoms with Crippen LogP contribution in [-0.2, 0) is 13.1 Å². The van der Waals surface area contributed by atoms with Crippen LogP contribution < -0.4 is 15.4 Å². The zero-order valence-corrected chi connectivity index (χ0v) is 17.4. The number of nitrogens with zero attached hydrogens (tertiary/aromatic N) is 1. The molecular formula is C19H22IN3OS.